The number of anilines is 2. The van der Waals surface area contributed by atoms with Crippen LogP contribution in [-0.4, -0.2) is 33.2 Å². The third kappa shape index (κ3) is 3.76. The van der Waals surface area contributed by atoms with Crippen LogP contribution in [0.25, 0.3) is 0 Å². The maximum atomic E-state index is 12.5. The van der Waals surface area contributed by atoms with Crippen molar-refractivity contribution in [1.29, 1.82) is 0 Å². The van der Waals surface area contributed by atoms with Gasteiger partial charge in [-0.05, 0) is 43.7 Å². The van der Waals surface area contributed by atoms with Crippen LogP contribution in [-0.2, 0) is 10.0 Å². The quantitative estimate of drug-likeness (QED) is 0.890. The second-order valence-electron chi connectivity index (χ2n) is 5.68. The van der Waals surface area contributed by atoms with Crippen LogP contribution in [0.1, 0.15) is 23.7 Å². The van der Waals surface area contributed by atoms with Gasteiger partial charge in [0.25, 0.3) is 5.91 Å². The van der Waals surface area contributed by atoms with E-state index < -0.39 is 10.0 Å². The third-order valence-corrected chi connectivity index (χ3v) is 5.79. The van der Waals surface area contributed by atoms with E-state index in [9.17, 15) is 13.2 Å². The maximum absolute atomic E-state index is 12.5. The molecule has 1 fully saturated rings. The number of benzene rings is 2. The zero-order valence-corrected chi connectivity index (χ0v) is 14.8. The van der Waals surface area contributed by atoms with Crippen LogP contribution in [0.3, 0.4) is 0 Å². The summed E-state index contributed by atoms with van der Waals surface area (Å²) in [7, 11) is -3.25. The summed E-state index contributed by atoms with van der Waals surface area (Å²) in [4.78, 5) is 12.5. The van der Waals surface area contributed by atoms with Crippen molar-refractivity contribution in [3.05, 3.63) is 54.1 Å². The summed E-state index contributed by atoms with van der Waals surface area (Å²) in [6.45, 7) is 2.79. The van der Waals surface area contributed by atoms with Crippen LogP contribution in [0.4, 0.5) is 11.4 Å². The molecule has 25 heavy (non-hydrogen) atoms. The molecular formula is C18H20N2O4S. The topological polar surface area (TPSA) is 75.7 Å². The first-order valence-electron chi connectivity index (χ1n) is 8.15. The minimum Gasteiger partial charge on any atom is -0.493 e. The first-order valence-corrected chi connectivity index (χ1v) is 9.76. The summed E-state index contributed by atoms with van der Waals surface area (Å²) in [5, 5.41) is 2.81. The Hall–Kier alpha value is -2.54. The second-order valence-corrected chi connectivity index (χ2v) is 7.69. The Labute approximate surface area is 147 Å². The summed E-state index contributed by atoms with van der Waals surface area (Å²) in [5.74, 6) is 0.372. The molecular weight excluding hydrogens is 340 g/mol. The van der Waals surface area contributed by atoms with E-state index >= 15 is 0 Å². The molecule has 1 saturated heterocycles. The van der Waals surface area contributed by atoms with Gasteiger partial charge in [-0.15, -0.1) is 0 Å². The summed E-state index contributed by atoms with van der Waals surface area (Å²) in [5.41, 5.74) is 1.54. The molecule has 132 valence electrons. The van der Waals surface area contributed by atoms with Gasteiger partial charge in [0.15, 0.2) is 0 Å². The van der Waals surface area contributed by atoms with E-state index in [1.54, 1.807) is 48.5 Å². The predicted octanol–water partition coefficient (Wildman–Crippen LogP) is 2.88. The Morgan fingerprint density at radius 3 is 2.72 bits per heavy atom. The highest BCUT2D eigenvalue weighted by Crippen LogP contribution is 2.27. The lowest BCUT2D eigenvalue weighted by Gasteiger charge is -2.18. The molecule has 6 nitrogen and oxygen atoms in total. The predicted molar refractivity (Wildman–Crippen MR) is 97.8 cm³/mol. The Balaban J connectivity index is 1.82. The number of hydrogen-bond acceptors (Lipinski definition) is 4. The highest BCUT2D eigenvalue weighted by molar-refractivity contribution is 7.93. The third-order valence-electron chi connectivity index (χ3n) is 3.92. The monoisotopic (exact) mass is 360 g/mol. The molecule has 0 radical (unpaired) electrons. The van der Waals surface area contributed by atoms with Crippen LogP contribution in [0.15, 0.2) is 48.5 Å². The van der Waals surface area contributed by atoms with Crippen molar-refractivity contribution >= 4 is 27.3 Å². The molecule has 0 bridgehead atoms. The fourth-order valence-corrected chi connectivity index (χ4v) is 4.36. The van der Waals surface area contributed by atoms with Gasteiger partial charge in [-0.3, -0.25) is 9.10 Å². The average molecular weight is 360 g/mol. The van der Waals surface area contributed by atoms with Gasteiger partial charge < -0.3 is 10.1 Å². The Bertz CT molecular complexity index is 880. The van der Waals surface area contributed by atoms with Gasteiger partial charge in [0, 0.05) is 12.2 Å². The van der Waals surface area contributed by atoms with Gasteiger partial charge in [0.05, 0.1) is 23.6 Å². The van der Waals surface area contributed by atoms with Gasteiger partial charge in [0.2, 0.25) is 10.0 Å². The molecule has 0 spiro atoms. The summed E-state index contributed by atoms with van der Waals surface area (Å²) >= 11 is 0. The molecule has 0 unspecified atom stereocenters. The molecule has 7 heteroatoms. The van der Waals surface area contributed by atoms with Gasteiger partial charge >= 0.3 is 0 Å². The number of carbonyl (C=O) groups excluding carboxylic acids is 1. The fraction of sp³-hybridized carbons (Fsp3) is 0.278. The molecule has 0 saturated carbocycles. The number of nitrogens with zero attached hydrogens (tertiary/aromatic N) is 1. The van der Waals surface area contributed by atoms with Crippen molar-refractivity contribution in [2.75, 3.05) is 28.5 Å². The molecule has 3 rings (SSSR count). The number of carbonyl (C=O) groups is 1. The van der Waals surface area contributed by atoms with E-state index in [2.05, 4.69) is 5.32 Å². The minimum atomic E-state index is -3.25. The molecule has 0 aromatic heterocycles. The van der Waals surface area contributed by atoms with E-state index in [0.29, 0.717) is 42.3 Å². The van der Waals surface area contributed by atoms with Gasteiger partial charge in [0.1, 0.15) is 5.75 Å². The molecule has 1 amide bonds. The lowest BCUT2D eigenvalue weighted by molar-refractivity contribution is 0.102. The molecule has 1 aliphatic rings. The molecule has 1 heterocycles. The van der Waals surface area contributed by atoms with Crippen LogP contribution < -0.4 is 14.4 Å². The summed E-state index contributed by atoms with van der Waals surface area (Å²) in [6.07, 6.45) is 0.612. The van der Waals surface area contributed by atoms with E-state index in [4.69, 9.17) is 4.74 Å². The van der Waals surface area contributed by atoms with Crippen molar-refractivity contribution in [1.82, 2.24) is 0 Å². The van der Waals surface area contributed by atoms with E-state index in [1.807, 2.05) is 6.92 Å². The van der Waals surface area contributed by atoms with E-state index in [-0.39, 0.29) is 11.7 Å². The van der Waals surface area contributed by atoms with Crippen LogP contribution in [0.2, 0.25) is 0 Å². The molecule has 2 aromatic carbocycles. The summed E-state index contributed by atoms with van der Waals surface area (Å²) in [6, 6.07) is 13.9. The largest absolute Gasteiger partial charge is 0.493 e. The zero-order chi connectivity index (χ0) is 17.9. The molecule has 1 aliphatic heterocycles. The Kier molecular flexibility index (Phi) is 4.94. The van der Waals surface area contributed by atoms with Crippen molar-refractivity contribution in [2.24, 2.45) is 0 Å². The number of rotatable bonds is 5. The standard InChI is InChI=1S/C18H20N2O4S/c1-2-24-17-10-4-3-9-16(17)18(21)19-14-7-5-8-15(13-14)20-11-6-12-25(20,22)23/h3-5,7-10,13H,2,6,11-12H2,1H3,(H,19,21). The number of para-hydroxylation sites is 1. The number of ether oxygens (including phenoxy) is 1. The highest BCUT2D eigenvalue weighted by atomic mass is 32.2. The second kappa shape index (κ2) is 7.14. The van der Waals surface area contributed by atoms with Gasteiger partial charge in [-0.2, -0.15) is 0 Å². The molecule has 0 aliphatic carbocycles. The highest BCUT2D eigenvalue weighted by Gasteiger charge is 2.28. The van der Waals surface area contributed by atoms with E-state index in [1.165, 1.54) is 4.31 Å². The SMILES string of the molecule is CCOc1ccccc1C(=O)Nc1cccc(N2CCCS2(=O)=O)c1. The number of hydrogen-bond donors (Lipinski definition) is 1. The van der Waals surface area contributed by atoms with Crippen LogP contribution in [0.5, 0.6) is 5.75 Å². The van der Waals surface area contributed by atoms with Crippen molar-refractivity contribution in [3.8, 4) is 5.75 Å². The summed E-state index contributed by atoms with van der Waals surface area (Å²) < 4.78 is 31.0. The number of nitrogens with one attached hydrogen (secondary N) is 1. The van der Waals surface area contributed by atoms with Crippen LogP contribution in [0, 0.1) is 0 Å². The maximum Gasteiger partial charge on any atom is 0.259 e. The van der Waals surface area contributed by atoms with Crippen molar-refractivity contribution in [2.45, 2.75) is 13.3 Å². The molecule has 1 N–H and O–H groups in total. The first-order chi connectivity index (χ1) is 12.0. The zero-order valence-electron chi connectivity index (χ0n) is 13.9. The first kappa shape index (κ1) is 17.3. The average Bonchev–Trinajstić information content (AvgIpc) is 2.95. The van der Waals surface area contributed by atoms with Gasteiger partial charge in [-0.25, -0.2) is 8.42 Å². The smallest absolute Gasteiger partial charge is 0.259 e. The number of sulfonamides is 1. The van der Waals surface area contributed by atoms with Crippen molar-refractivity contribution < 1.29 is 17.9 Å². The minimum absolute atomic E-state index is 0.158. The molecule has 2 aromatic rings. The van der Waals surface area contributed by atoms with Gasteiger partial charge in [-0.1, -0.05) is 18.2 Å². The fourth-order valence-electron chi connectivity index (χ4n) is 2.80. The normalized spacial score (nSPS) is 15.8. The van der Waals surface area contributed by atoms with Crippen molar-refractivity contribution in [3.63, 3.8) is 0 Å². The number of amides is 1. The Morgan fingerprint density at radius 2 is 2.00 bits per heavy atom. The lowest BCUT2D eigenvalue weighted by Crippen LogP contribution is -2.25. The Morgan fingerprint density at radius 1 is 1.20 bits per heavy atom. The van der Waals surface area contributed by atoms with E-state index in [0.717, 1.165) is 0 Å². The van der Waals surface area contributed by atoms with Crippen LogP contribution >= 0.6 is 0 Å². The lowest BCUT2D eigenvalue weighted by atomic mass is 10.1. The molecule has 0 atom stereocenters.